The third kappa shape index (κ3) is 4.99. The molecule has 0 aliphatic rings. The maximum absolute atomic E-state index is 12.6. The molecule has 0 aliphatic heterocycles. The van der Waals surface area contributed by atoms with E-state index >= 15 is 0 Å². The Balaban J connectivity index is 1.99. The van der Waals surface area contributed by atoms with Gasteiger partial charge in [0.15, 0.2) is 0 Å². The summed E-state index contributed by atoms with van der Waals surface area (Å²) in [4.78, 5) is 11.9. The largest absolute Gasteiger partial charge is 0.416 e. The molecule has 0 saturated heterocycles. The van der Waals surface area contributed by atoms with Gasteiger partial charge >= 0.3 is 6.18 Å². The molecule has 0 aliphatic carbocycles. The van der Waals surface area contributed by atoms with Crippen LogP contribution in [0.5, 0.6) is 0 Å². The van der Waals surface area contributed by atoms with E-state index in [1.54, 1.807) is 12.1 Å². The fraction of sp³-hybridized carbons (Fsp3) is 0.118. The number of amides is 1. The number of carbonyl (C=O) groups is 1. The Morgan fingerprint density at radius 1 is 1.13 bits per heavy atom. The third-order valence-electron chi connectivity index (χ3n) is 2.88. The highest BCUT2D eigenvalue weighted by Gasteiger charge is 2.30. The number of hydrogen-bond donors (Lipinski definition) is 1. The standard InChI is InChI=1S/C17H11F3INO/c18-17(19,20)13-7-3-5-12(11-13)6-4-10-22-16(23)14-8-1-2-9-15(14)21/h1-3,5,7-9,11H,10H2,(H,22,23). The maximum Gasteiger partial charge on any atom is 0.416 e. The molecule has 0 saturated carbocycles. The average Bonchev–Trinajstić information content (AvgIpc) is 2.51. The Bertz CT molecular complexity index is 775. The van der Waals surface area contributed by atoms with Crippen molar-refractivity contribution in [2.24, 2.45) is 0 Å². The molecule has 1 N–H and O–H groups in total. The topological polar surface area (TPSA) is 29.1 Å². The minimum Gasteiger partial charge on any atom is -0.341 e. The van der Waals surface area contributed by atoms with E-state index in [-0.39, 0.29) is 18.0 Å². The molecule has 6 heteroatoms. The van der Waals surface area contributed by atoms with Crippen LogP contribution in [0.25, 0.3) is 0 Å². The summed E-state index contributed by atoms with van der Waals surface area (Å²) in [6.07, 6.45) is -4.39. The van der Waals surface area contributed by atoms with Crippen LogP contribution < -0.4 is 5.32 Å². The molecule has 23 heavy (non-hydrogen) atoms. The Hall–Kier alpha value is -2.01. The predicted octanol–water partition coefficient (Wildman–Crippen LogP) is 4.09. The van der Waals surface area contributed by atoms with Crippen LogP contribution in [0.4, 0.5) is 13.2 Å². The quantitative estimate of drug-likeness (QED) is 0.566. The summed E-state index contributed by atoms with van der Waals surface area (Å²) in [5, 5.41) is 2.62. The van der Waals surface area contributed by atoms with Gasteiger partial charge in [-0.1, -0.05) is 30.0 Å². The number of rotatable bonds is 2. The van der Waals surface area contributed by atoms with Crippen LogP contribution in [0.2, 0.25) is 0 Å². The molecule has 2 rings (SSSR count). The molecular weight excluding hydrogens is 418 g/mol. The molecule has 0 fully saturated rings. The minimum atomic E-state index is -4.39. The average molecular weight is 429 g/mol. The summed E-state index contributed by atoms with van der Waals surface area (Å²) in [6, 6.07) is 11.8. The number of halogens is 4. The van der Waals surface area contributed by atoms with Crippen molar-refractivity contribution in [3.63, 3.8) is 0 Å². The predicted molar refractivity (Wildman–Crippen MR) is 89.8 cm³/mol. The highest BCUT2D eigenvalue weighted by atomic mass is 127. The SMILES string of the molecule is O=C(NCC#Cc1cccc(C(F)(F)F)c1)c1ccccc1I. The Morgan fingerprint density at radius 2 is 1.87 bits per heavy atom. The first-order chi connectivity index (χ1) is 10.9. The molecule has 1 amide bonds. The van der Waals surface area contributed by atoms with Gasteiger partial charge in [0, 0.05) is 9.13 Å². The molecule has 0 spiro atoms. The third-order valence-corrected chi connectivity index (χ3v) is 3.82. The van der Waals surface area contributed by atoms with Crippen molar-refractivity contribution < 1.29 is 18.0 Å². The minimum absolute atomic E-state index is 0.0556. The Kier molecular flexibility index (Phi) is 5.66. The van der Waals surface area contributed by atoms with Crippen molar-refractivity contribution in [1.29, 1.82) is 0 Å². The molecule has 2 nitrogen and oxygen atoms in total. The number of hydrogen-bond acceptors (Lipinski definition) is 1. The van der Waals surface area contributed by atoms with Crippen LogP contribution >= 0.6 is 22.6 Å². The Labute approximate surface area is 145 Å². The second kappa shape index (κ2) is 7.51. The molecule has 0 radical (unpaired) electrons. The number of nitrogens with one attached hydrogen (secondary N) is 1. The second-order valence-electron chi connectivity index (χ2n) is 4.54. The Morgan fingerprint density at radius 3 is 2.57 bits per heavy atom. The van der Waals surface area contributed by atoms with Gasteiger partial charge in [-0.15, -0.1) is 0 Å². The molecule has 2 aromatic rings. The molecule has 118 valence electrons. The van der Waals surface area contributed by atoms with Crippen molar-refractivity contribution >= 4 is 28.5 Å². The lowest BCUT2D eigenvalue weighted by atomic mass is 10.1. The lowest BCUT2D eigenvalue weighted by molar-refractivity contribution is -0.137. The molecule has 0 unspecified atom stereocenters. The van der Waals surface area contributed by atoms with Crippen LogP contribution in [0.1, 0.15) is 21.5 Å². The van der Waals surface area contributed by atoms with Gasteiger partial charge in [0.2, 0.25) is 0 Å². The normalized spacial score (nSPS) is 10.6. The van der Waals surface area contributed by atoms with E-state index in [0.717, 1.165) is 15.7 Å². The summed E-state index contributed by atoms with van der Waals surface area (Å²) in [5.74, 6) is 4.99. The van der Waals surface area contributed by atoms with Crippen LogP contribution in [-0.4, -0.2) is 12.5 Å². The van der Waals surface area contributed by atoms with Gasteiger partial charge in [-0.25, -0.2) is 0 Å². The van der Waals surface area contributed by atoms with Gasteiger partial charge in [0.1, 0.15) is 0 Å². The number of carbonyl (C=O) groups excluding carboxylic acids is 1. The lowest BCUT2D eigenvalue weighted by Crippen LogP contribution is -2.24. The maximum atomic E-state index is 12.6. The van der Waals surface area contributed by atoms with E-state index in [1.165, 1.54) is 12.1 Å². The summed E-state index contributed by atoms with van der Waals surface area (Å²) in [7, 11) is 0. The van der Waals surface area contributed by atoms with E-state index < -0.39 is 11.7 Å². The van der Waals surface area contributed by atoms with Gasteiger partial charge in [-0.2, -0.15) is 13.2 Å². The highest BCUT2D eigenvalue weighted by molar-refractivity contribution is 14.1. The molecule has 0 bridgehead atoms. The van der Waals surface area contributed by atoms with Gasteiger partial charge < -0.3 is 5.32 Å². The van der Waals surface area contributed by atoms with Crippen LogP contribution in [0, 0.1) is 15.4 Å². The van der Waals surface area contributed by atoms with Gasteiger partial charge in [-0.05, 0) is 52.9 Å². The summed E-state index contributed by atoms with van der Waals surface area (Å²) >= 11 is 2.05. The van der Waals surface area contributed by atoms with E-state index in [1.807, 2.05) is 12.1 Å². The molecule has 0 heterocycles. The van der Waals surface area contributed by atoms with Gasteiger partial charge in [-0.3, -0.25) is 4.79 Å². The zero-order valence-electron chi connectivity index (χ0n) is 11.7. The summed E-state index contributed by atoms with van der Waals surface area (Å²) in [5.41, 5.74) is 0.0458. The van der Waals surface area contributed by atoms with Crippen LogP contribution in [0.3, 0.4) is 0 Å². The fourth-order valence-corrected chi connectivity index (χ4v) is 2.42. The smallest absolute Gasteiger partial charge is 0.341 e. The van der Waals surface area contributed by atoms with Crippen molar-refractivity contribution in [3.05, 3.63) is 68.8 Å². The molecule has 0 atom stereocenters. The van der Waals surface area contributed by atoms with E-state index in [0.29, 0.717) is 5.56 Å². The van der Waals surface area contributed by atoms with Crippen molar-refractivity contribution in [3.8, 4) is 11.8 Å². The molecule has 0 aromatic heterocycles. The van der Waals surface area contributed by atoms with E-state index in [2.05, 4.69) is 39.7 Å². The fourth-order valence-electron chi connectivity index (χ4n) is 1.78. The van der Waals surface area contributed by atoms with Crippen LogP contribution in [-0.2, 0) is 6.18 Å². The highest BCUT2D eigenvalue weighted by Crippen LogP contribution is 2.29. The monoisotopic (exact) mass is 429 g/mol. The zero-order chi connectivity index (χ0) is 16.9. The van der Waals surface area contributed by atoms with E-state index in [4.69, 9.17) is 0 Å². The molecule has 2 aromatic carbocycles. The zero-order valence-corrected chi connectivity index (χ0v) is 13.9. The summed E-state index contributed by atoms with van der Waals surface area (Å²) < 4.78 is 38.6. The first-order valence-electron chi connectivity index (χ1n) is 6.57. The van der Waals surface area contributed by atoms with Gasteiger partial charge in [0.25, 0.3) is 5.91 Å². The van der Waals surface area contributed by atoms with Crippen LogP contribution in [0.15, 0.2) is 48.5 Å². The summed E-state index contributed by atoms with van der Waals surface area (Å²) in [6.45, 7) is 0.0556. The molecular formula is C17H11F3INO. The van der Waals surface area contributed by atoms with Crippen molar-refractivity contribution in [1.82, 2.24) is 5.32 Å². The first kappa shape index (κ1) is 17.3. The van der Waals surface area contributed by atoms with Crippen molar-refractivity contribution in [2.45, 2.75) is 6.18 Å². The first-order valence-corrected chi connectivity index (χ1v) is 7.64. The van der Waals surface area contributed by atoms with Crippen molar-refractivity contribution in [2.75, 3.05) is 6.54 Å². The number of benzene rings is 2. The number of alkyl halides is 3. The second-order valence-corrected chi connectivity index (χ2v) is 5.71. The van der Waals surface area contributed by atoms with Gasteiger partial charge in [0.05, 0.1) is 17.7 Å². The van der Waals surface area contributed by atoms with E-state index in [9.17, 15) is 18.0 Å². The lowest BCUT2D eigenvalue weighted by Gasteiger charge is -2.06.